The molecule has 0 spiro atoms. The zero-order valence-corrected chi connectivity index (χ0v) is 15.5. The van der Waals surface area contributed by atoms with Gasteiger partial charge in [-0.1, -0.05) is 35.3 Å². The maximum Gasteiger partial charge on any atom is 0.220 e. The van der Waals surface area contributed by atoms with E-state index in [1.807, 2.05) is 50.5 Å². The molecule has 1 aromatic heterocycles. The Hall–Kier alpha value is -1.07. The molecule has 0 aliphatic rings. The van der Waals surface area contributed by atoms with Gasteiger partial charge in [-0.15, -0.1) is 11.3 Å². The number of benzene rings is 1. The Morgan fingerprint density at radius 2 is 1.87 bits per heavy atom. The quantitative estimate of drug-likeness (QED) is 0.782. The van der Waals surface area contributed by atoms with Crippen molar-refractivity contribution in [1.29, 1.82) is 0 Å². The van der Waals surface area contributed by atoms with Crippen LogP contribution in [0.3, 0.4) is 0 Å². The highest BCUT2D eigenvalue weighted by molar-refractivity contribution is 7.16. The summed E-state index contributed by atoms with van der Waals surface area (Å²) >= 11 is 13.4. The predicted octanol–water partition coefficient (Wildman–Crippen LogP) is 4.41. The SMILES string of the molecule is CN(C)C(CNC(=O)CCc1ccc(Cl)s1)c1ccc(Cl)cc1. The molecule has 0 fully saturated rings. The van der Waals surface area contributed by atoms with Gasteiger partial charge in [0.05, 0.1) is 10.4 Å². The van der Waals surface area contributed by atoms with Crippen LogP contribution in [0.25, 0.3) is 0 Å². The summed E-state index contributed by atoms with van der Waals surface area (Å²) in [5.41, 5.74) is 1.13. The fraction of sp³-hybridized carbons (Fsp3) is 0.353. The first-order valence-electron chi connectivity index (χ1n) is 7.38. The van der Waals surface area contributed by atoms with E-state index in [1.54, 1.807) is 0 Å². The first-order valence-corrected chi connectivity index (χ1v) is 8.96. The first-order chi connectivity index (χ1) is 11.0. The summed E-state index contributed by atoms with van der Waals surface area (Å²) < 4.78 is 0.760. The third kappa shape index (κ3) is 5.81. The van der Waals surface area contributed by atoms with Crippen molar-refractivity contribution in [2.24, 2.45) is 0 Å². The number of halogens is 2. The van der Waals surface area contributed by atoms with Gasteiger partial charge < -0.3 is 10.2 Å². The van der Waals surface area contributed by atoms with Crippen LogP contribution in [0, 0.1) is 0 Å². The largest absolute Gasteiger partial charge is 0.354 e. The molecule has 0 radical (unpaired) electrons. The van der Waals surface area contributed by atoms with Crippen LogP contribution in [0.4, 0.5) is 0 Å². The Kier molecular flexibility index (Phi) is 6.90. The van der Waals surface area contributed by atoms with Crippen molar-refractivity contribution in [2.45, 2.75) is 18.9 Å². The van der Waals surface area contributed by atoms with Crippen LogP contribution in [-0.2, 0) is 11.2 Å². The number of hydrogen-bond acceptors (Lipinski definition) is 3. The summed E-state index contributed by atoms with van der Waals surface area (Å²) in [6.45, 7) is 0.568. The van der Waals surface area contributed by atoms with Gasteiger partial charge in [-0.05, 0) is 50.3 Å². The van der Waals surface area contributed by atoms with Gasteiger partial charge in [-0.25, -0.2) is 0 Å². The molecule has 1 unspecified atom stereocenters. The van der Waals surface area contributed by atoms with Crippen molar-refractivity contribution in [3.8, 4) is 0 Å². The highest BCUT2D eigenvalue weighted by Gasteiger charge is 2.15. The summed E-state index contributed by atoms with van der Waals surface area (Å²) in [6, 6.07) is 11.7. The van der Waals surface area contributed by atoms with Crippen molar-refractivity contribution in [3.05, 3.63) is 56.2 Å². The normalized spacial score (nSPS) is 12.4. The van der Waals surface area contributed by atoms with Gasteiger partial charge in [0.1, 0.15) is 0 Å². The minimum Gasteiger partial charge on any atom is -0.354 e. The molecule has 2 rings (SSSR count). The van der Waals surface area contributed by atoms with Crippen LogP contribution in [-0.4, -0.2) is 31.4 Å². The van der Waals surface area contributed by atoms with Crippen LogP contribution in [0.5, 0.6) is 0 Å². The molecule has 1 amide bonds. The summed E-state index contributed by atoms with van der Waals surface area (Å²) in [5, 5.41) is 3.73. The number of carbonyl (C=O) groups is 1. The van der Waals surface area contributed by atoms with Crippen LogP contribution in [0.1, 0.15) is 22.9 Å². The zero-order valence-electron chi connectivity index (χ0n) is 13.2. The maximum atomic E-state index is 12.1. The van der Waals surface area contributed by atoms with E-state index in [0.717, 1.165) is 21.2 Å². The molecule has 23 heavy (non-hydrogen) atoms. The standard InChI is InChI=1S/C17H20Cl2N2OS/c1-21(2)15(12-3-5-13(18)6-4-12)11-20-17(22)10-8-14-7-9-16(19)23-14/h3-7,9,15H,8,10-11H2,1-2H3,(H,20,22). The molecule has 0 saturated carbocycles. The van der Waals surface area contributed by atoms with Crippen LogP contribution >= 0.6 is 34.5 Å². The second-order valence-corrected chi connectivity index (χ2v) is 7.78. The first kappa shape index (κ1) is 18.3. The predicted molar refractivity (Wildman–Crippen MR) is 98.5 cm³/mol. The lowest BCUT2D eigenvalue weighted by atomic mass is 10.1. The Morgan fingerprint density at radius 3 is 2.43 bits per heavy atom. The van der Waals surface area contributed by atoms with Crippen molar-refractivity contribution >= 4 is 40.4 Å². The minimum atomic E-state index is 0.0512. The van der Waals surface area contributed by atoms with Gasteiger partial charge in [0.25, 0.3) is 0 Å². The molecule has 124 valence electrons. The van der Waals surface area contributed by atoms with Gasteiger partial charge in [0.2, 0.25) is 5.91 Å². The van der Waals surface area contributed by atoms with Crippen LogP contribution in [0.2, 0.25) is 9.36 Å². The summed E-state index contributed by atoms with van der Waals surface area (Å²) in [6.07, 6.45) is 1.19. The molecule has 2 aromatic rings. The molecule has 1 aromatic carbocycles. The summed E-state index contributed by atoms with van der Waals surface area (Å²) in [5.74, 6) is 0.0512. The number of amides is 1. The van der Waals surface area contributed by atoms with Crippen molar-refractivity contribution in [3.63, 3.8) is 0 Å². The molecular weight excluding hydrogens is 351 g/mol. The second-order valence-electron chi connectivity index (χ2n) is 5.54. The van der Waals surface area contributed by atoms with Gasteiger partial charge in [0, 0.05) is 22.9 Å². The van der Waals surface area contributed by atoms with Gasteiger partial charge in [0.15, 0.2) is 0 Å². The average Bonchev–Trinajstić information content (AvgIpc) is 2.92. The number of rotatable bonds is 7. The van der Waals surface area contributed by atoms with E-state index in [4.69, 9.17) is 23.2 Å². The third-order valence-corrected chi connectivity index (χ3v) is 5.14. The monoisotopic (exact) mass is 370 g/mol. The molecule has 1 heterocycles. The second kappa shape index (κ2) is 8.69. The Bertz CT molecular complexity index is 640. The molecular formula is C17H20Cl2N2OS. The minimum absolute atomic E-state index is 0.0512. The molecule has 0 saturated heterocycles. The molecule has 0 aliphatic heterocycles. The number of hydrogen-bond donors (Lipinski definition) is 1. The van der Waals surface area contributed by atoms with E-state index in [0.29, 0.717) is 18.0 Å². The fourth-order valence-electron chi connectivity index (χ4n) is 2.31. The molecule has 0 aliphatic carbocycles. The lowest BCUT2D eigenvalue weighted by Gasteiger charge is -2.25. The highest BCUT2D eigenvalue weighted by Crippen LogP contribution is 2.23. The molecule has 6 heteroatoms. The third-order valence-electron chi connectivity index (χ3n) is 3.60. The number of nitrogens with zero attached hydrogens (tertiary/aromatic N) is 1. The zero-order chi connectivity index (χ0) is 16.8. The topological polar surface area (TPSA) is 32.3 Å². The summed E-state index contributed by atoms with van der Waals surface area (Å²) in [4.78, 5) is 15.3. The van der Waals surface area contributed by atoms with Crippen molar-refractivity contribution in [1.82, 2.24) is 10.2 Å². The van der Waals surface area contributed by atoms with Crippen molar-refractivity contribution in [2.75, 3.05) is 20.6 Å². The Labute approximate surface area is 151 Å². The fourth-order valence-corrected chi connectivity index (χ4v) is 3.52. The molecule has 0 bridgehead atoms. The molecule has 1 N–H and O–H groups in total. The van der Waals surface area contributed by atoms with Gasteiger partial charge in [-0.3, -0.25) is 4.79 Å². The van der Waals surface area contributed by atoms with Crippen LogP contribution < -0.4 is 5.32 Å². The van der Waals surface area contributed by atoms with E-state index < -0.39 is 0 Å². The van der Waals surface area contributed by atoms with E-state index in [-0.39, 0.29) is 11.9 Å². The Morgan fingerprint density at radius 1 is 1.17 bits per heavy atom. The molecule has 1 atom stereocenters. The van der Waals surface area contributed by atoms with E-state index in [1.165, 1.54) is 11.3 Å². The van der Waals surface area contributed by atoms with E-state index in [9.17, 15) is 4.79 Å². The van der Waals surface area contributed by atoms with Crippen LogP contribution in [0.15, 0.2) is 36.4 Å². The average molecular weight is 371 g/mol. The van der Waals surface area contributed by atoms with E-state index >= 15 is 0 Å². The lowest BCUT2D eigenvalue weighted by molar-refractivity contribution is -0.121. The highest BCUT2D eigenvalue weighted by atomic mass is 35.5. The maximum absolute atomic E-state index is 12.1. The number of aryl methyl sites for hydroxylation is 1. The number of thiophene rings is 1. The van der Waals surface area contributed by atoms with Gasteiger partial charge in [-0.2, -0.15) is 0 Å². The Balaban J connectivity index is 1.85. The number of likely N-dealkylation sites (N-methyl/N-ethyl adjacent to an activating group) is 1. The van der Waals surface area contributed by atoms with E-state index in [2.05, 4.69) is 10.2 Å². The number of nitrogens with one attached hydrogen (secondary N) is 1. The van der Waals surface area contributed by atoms with Gasteiger partial charge >= 0.3 is 0 Å². The molecule has 3 nitrogen and oxygen atoms in total. The number of carbonyl (C=O) groups excluding carboxylic acids is 1. The van der Waals surface area contributed by atoms with Crippen molar-refractivity contribution < 1.29 is 4.79 Å². The lowest BCUT2D eigenvalue weighted by Crippen LogP contribution is -2.34. The smallest absolute Gasteiger partial charge is 0.220 e. The summed E-state index contributed by atoms with van der Waals surface area (Å²) in [7, 11) is 4.00.